The Balaban J connectivity index is 2.30. The Morgan fingerprint density at radius 1 is 1.38 bits per heavy atom. The third-order valence-electron chi connectivity index (χ3n) is 2.62. The Labute approximate surface area is 134 Å². The summed E-state index contributed by atoms with van der Waals surface area (Å²) in [6.07, 6.45) is 0. The maximum atomic E-state index is 13.7. The van der Waals surface area contributed by atoms with Gasteiger partial charge >= 0.3 is 0 Å². The number of hydrogen-bond donors (Lipinski definition) is 2. The normalized spacial score (nSPS) is 10.3. The van der Waals surface area contributed by atoms with Gasteiger partial charge in [0.15, 0.2) is 0 Å². The van der Waals surface area contributed by atoms with Crippen LogP contribution in [0.1, 0.15) is 17.4 Å². The van der Waals surface area contributed by atoms with E-state index in [-0.39, 0.29) is 16.4 Å². The van der Waals surface area contributed by atoms with Gasteiger partial charge in [-0.25, -0.2) is 9.37 Å². The van der Waals surface area contributed by atoms with Gasteiger partial charge in [0.2, 0.25) is 0 Å². The van der Waals surface area contributed by atoms with Crippen LogP contribution >= 0.6 is 27.5 Å². The van der Waals surface area contributed by atoms with Crippen LogP contribution in [0.25, 0.3) is 0 Å². The lowest BCUT2D eigenvalue weighted by molar-refractivity contribution is 0.102. The second kappa shape index (κ2) is 6.87. The molecule has 2 aromatic rings. The quantitative estimate of drug-likeness (QED) is 0.840. The molecule has 4 nitrogen and oxygen atoms in total. The molecule has 0 aliphatic rings. The number of benzene rings is 1. The maximum absolute atomic E-state index is 13.7. The van der Waals surface area contributed by atoms with Crippen molar-refractivity contribution in [2.45, 2.75) is 6.92 Å². The van der Waals surface area contributed by atoms with Crippen molar-refractivity contribution in [1.82, 2.24) is 4.98 Å². The summed E-state index contributed by atoms with van der Waals surface area (Å²) >= 11 is 9.17. The summed E-state index contributed by atoms with van der Waals surface area (Å²) in [5.74, 6) is -0.595. The van der Waals surface area contributed by atoms with Crippen LogP contribution in [-0.2, 0) is 0 Å². The summed E-state index contributed by atoms with van der Waals surface area (Å²) in [6.45, 7) is 2.57. The van der Waals surface area contributed by atoms with Crippen molar-refractivity contribution in [2.75, 3.05) is 17.2 Å². The molecule has 0 atom stereocenters. The largest absolute Gasteiger partial charge is 0.370 e. The van der Waals surface area contributed by atoms with Gasteiger partial charge < -0.3 is 10.6 Å². The molecule has 0 fully saturated rings. The molecule has 1 aromatic heterocycles. The SMILES string of the molecule is CCNc1ccc(Cl)c(C(=O)Nc2c(F)cccc2Br)n1. The Morgan fingerprint density at radius 2 is 2.14 bits per heavy atom. The smallest absolute Gasteiger partial charge is 0.276 e. The molecule has 110 valence electrons. The molecule has 0 saturated carbocycles. The van der Waals surface area contributed by atoms with E-state index < -0.39 is 11.7 Å². The fraction of sp³-hybridized carbons (Fsp3) is 0.143. The zero-order valence-corrected chi connectivity index (χ0v) is 13.4. The summed E-state index contributed by atoms with van der Waals surface area (Å²) in [5.41, 5.74) is 0.0829. The predicted molar refractivity (Wildman–Crippen MR) is 85.5 cm³/mol. The summed E-state index contributed by atoms with van der Waals surface area (Å²) in [5, 5.41) is 5.65. The Kier molecular flexibility index (Phi) is 5.14. The molecular formula is C14H12BrClFN3O. The zero-order valence-electron chi connectivity index (χ0n) is 11.1. The first kappa shape index (κ1) is 15.7. The lowest BCUT2D eigenvalue weighted by Crippen LogP contribution is -2.16. The third-order valence-corrected chi connectivity index (χ3v) is 3.59. The highest BCUT2D eigenvalue weighted by Crippen LogP contribution is 2.26. The van der Waals surface area contributed by atoms with Gasteiger partial charge in [-0.1, -0.05) is 17.7 Å². The van der Waals surface area contributed by atoms with Crippen LogP contribution in [0.15, 0.2) is 34.8 Å². The number of nitrogens with zero attached hydrogens (tertiary/aromatic N) is 1. The molecule has 7 heteroatoms. The van der Waals surface area contributed by atoms with Crippen molar-refractivity contribution in [3.63, 3.8) is 0 Å². The second-order valence-corrected chi connectivity index (χ2v) is 5.37. The first-order valence-corrected chi connectivity index (χ1v) is 7.35. The van der Waals surface area contributed by atoms with Crippen molar-refractivity contribution < 1.29 is 9.18 Å². The molecule has 1 amide bonds. The molecule has 2 N–H and O–H groups in total. The molecule has 0 unspecified atom stereocenters. The fourth-order valence-electron chi connectivity index (χ4n) is 1.67. The van der Waals surface area contributed by atoms with E-state index in [2.05, 4.69) is 31.5 Å². The van der Waals surface area contributed by atoms with Gasteiger partial charge in [0.1, 0.15) is 17.3 Å². The topological polar surface area (TPSA) is 54.0 Å². The van der Waals surface area contributed by atoms with E-state index in [1.54, 1.807) is 18.2 Å². The van der Waals surface area contributed by atoms with Crippen LogP contribution in [0.2, 0.25) is 5.02 Å². The Hall–Kier alpha value is -1.66. The molecule has 0 aliphatic heterocycles. The zero-order chi connectivity index (χ0) is 15.4. The van der Waals surface area contributed by atoms with Crippen LogP contribution in [-0.4, -0.2) is 17.4 Å². The van der Waals surface area contributed by atoms with E-state index >= 15 is 0 Å². The molecule has 0 bridgehead atoms. The van der Waals surface area contributed by atoms with Crippen molar-refractivity contribution in [3.05, 3.63) is 51.3 Å². The molecule has 0 saturated heterocycles. The number of anilines is 2. The summed E-state index contributed by atoms with van der Waals surface area (Å²) in [6, 6.07) is 7.65. The van der Waals surface area contributed by atoms with Crippen molar-refractivity contribution in [2.24, 2.45) is 0 Å². The van der Waals surface area contributed by atoms with Crippen molar-refractivity contribution in [3.8, 4) is 0 Å². The maximum Gasteiger partial charge on any atom is 0.276 e. The molecule has 2 rings (SSSR count). The monoisotopic (exact) mass is 371 g/mol. The van der Waals surface area contributed by atoms with E-state index in [0.717, 1.165) is 0 Å². The fourth-order valence-corrected chi connectivity index (χ4v) is 2.30. The summed E-state index contributed by atoms with van der Waals surface area (Å²) < 4.78 is 14.2. The second-order valence-electron chi connectivity index (χ2n) is 4.11. The van der Waals surface area contributed by atoms with Crippen LogP contribution in [0.3, 0.4) is 0 Å². The van der Waals surface area contributed by atoms with Crippen LogP contribution in [0, 0.1) is 5.82 Å². The molecule has 0 spiro atoms. The average Bonchev–Trinajstić information content (AvgIpc) is 2.45. The van der Waals surface area contributed by atoms with E-state index in [0.29, 0.717) is 16.8 Å². The minimum Gasteiger partial charge on any atom is -0.370 e. The summed E-state index contributed by atoms with van der Waals surface area (Å²) in [7, 11) is 0. The molecule has 0 radical (unpaired) electrons. The van der Waals surface area contributed by atoms with Crippen LogP contribution in [0.5, 0.6) is 0 Å². The van der Waals surface area contributed by atoms with E-state index in [1.807, 2.05) is 6.92 Å². The minimum atomic E-state index is -0.578. The number of hydrogen-bond acceptors (Lipinski definition) is 3. The number of amides is 1. The van der Waals surface area contributed by atoms with Gasteiger partial charge in [-0.2, -0.15) is 0 Å². The van der Waals surface area contributed by atoms with E-state index in [4.69, 9.17) is 11.6 Å². The standard InChI is InChI=1S/C14H12BrClFN3O/c1-2-18-11-7-6-9(16)13(19-11)14(21)20-12-8(15)4-3-5-10(12)17/h3-7H,2H2,1H3,(H,18,19)(H,20,21). The van der Waals surface area contributed by atoms with E-state index in [1.165, 1.54) is 12.1 Å². The average molecular weight is 373 g/mol. The highest BCUT2D eigenvalue weighted by molar-refractivity contribution is 9.10. The number of pyridine rings is 1. The van der Waals surface area contributed by atoms with Gasteiger partial charge in [-0.15, -0.1) is 0 Å². The predicted octanol–water partition coefficient (Wildman–Crippen LogP) is 4.32. The first-order valence-electron chi connectivity index (χ1n) is 6.18. The van der Waals surface area contributed by atoms with Crippen molar-refractivity contribution in [1.29, 1.82) is 0 Å². The molecular weight excluding hydrogens is 361 g/mol. The van der Waals surface area contributed by atoms with Crippen LogP contribution in [0.4, 0.5) is 15.9 Å². The van der Waals surface area contributed by atoms with Gasteiger partial charge in [-0.3, -0.25) is 4.79 Å². The van der Waals surface area contributed by atoms with Crippen molar-refractivity contribution >= 4 is 44.9 Å². The van der Waals surface area contributed by atoms with Gasteiger partial charge in [0.25, 0.3) is 5.91 Å². The summed E-state index contributed by atoms with van der Waals surface area (Å²) in [4.78, 5) is 16.3. The van der Waals surface area contributed by atoms with Gasteiger partial charge in [-0.05, 0) is 47.1 Å². The number of nitrogens with one attached hydrogen (secondary N) is 2. The first-order chi connectivity index (χ1) is 10.0. The molecule has 21 heavy (non-hydrogen) atoms. The van der Waals surface area contributed by atoms with E-state index in [9.17, 15) is 9.18 Å². The number of carbonyl (C=O) groups is 1. The van der Waals surface area contributed by atoms with Gasteiger partial charge in [0.05, 0.1) is 10.7 Å². The number of halogens is 3. The number of aromatic nitrogens is 1. The lowest BCUT2D eigenvalue weighted by atomic mass is 10.2. The number of para-hydroxylation sites is 1. The Bertz CT molecular complexity index is 661. The molecule has 1 heterocycles. The highest BCUT2D eigenvalue weighted by Gasteiger charge is 2.16. The third kappa shape index (κ3) is 3.71. The number of rotatable bonds is 4. The minimum absolute atomic E-state index is 0.0327. The molecule has 1 aromatic carbocycles. The lowest BCUT2D eigenvalue weighted by Gasteiger charge is -2.10. The number of carbonyl (C=O) groups excluding carboxylic acids is 1. The highest BCUT2D eigenvalue weighted by atomic mass is 79.9. The Morgan fingerprint density at radius 3 is 2.81 bits per heavy atom. The molecule has 0 aliphatic carbocycles. The van der Waals surface area contributed by atoms with Crippen LogP contribution < -0.4 is 10.6 Å². The van der Waals surface area contributed by atoms with Gasteiger partial charge in [0, 0.05) is 11.0 Å².